The zero-order chi connectivity index (χ0) is 24.0. The summed E-state index contributed by atoms with van der Waals surface area (Å²) in [7, 11) is 0. The van der Waals surface area contributed by atoms with Gasteiger partial charge in [0, 0.05) is 30.0 Å². The molecule has 2 amide bonds. The van der Waals surface area contributed by atoms with Gasteiger partial charge in [-0.3, -0.25) is 9.59 Å². The Hall–Kier alpha value is -3.87. The molecule has 5 rings (SSSR count). The minimum atomic E-state index is -0.515. The summed E-state index contributed by atoms with van der Waals surface area (Å²) in [5.41, 5.74) is 9.93. The number of piperidine rings is 1. The van der Waals surface area contributed by atoms with Crippen LogP contribution < -0.4 is 11.4 Å². The van der Waals surface area contributed by atoms with E-state index in [9.17, 15) is 14.4 Å². The topological polar surface area (TPSA) is 107 Å². The van der Waals surface area contributed by atoms with E-state index in [0.717, 1.165) is 22.1 Å². The normalized spacial score (nSPS) is 14.7. The van der Waals surface area contributed by atoms with Crippen molar-refractivity contribution in [1.82, 2.24) is 4.90 Å². The molecule has 174 valence electrons. The maximum Gasteiger partial charge on any atom is 0.340 e. The molecule has 7 nitrogen and oxygen atoms in total. The number of carbonyl (C=O) groups is 2. The van der Waals surface area contributed by atoms with Gasteiger partial charge in [0.15, 0.2) is 0 Å². The molecule has 1 aliphatic heterocycles. The minimum absolute atomic E-state index is 0.0625. The number of carbonyl (C=O) groups excluding carboxylic acids is 2. The van der Waals surface area contributed by atoms with E-state index in [1.807, 2.05) is 50.2 Å². The van der Waals surface area contributed by atoms with Crippen molar-refractivity contribution in [2.45, 2.75) is 33.1 Å². The molecular formula is C27H26N2O5. The van der Waals surface area contributed by atoms with Gasteiger partial charge in [-0.1, -0.05) is 30.3 Å². The van der Waals surface area contributed by atoms with Crippen molar-refractivity contribution >= 4 is 33.8 Å². The van der Waals surface area contributed by atoms with Crippen LogP contribution in [0, 0.1) is 19.8 Å². The van der Waals surface area contributed by atoms with Crippen molar-refractivity contribution in [1.29, 1.82) is 0 Å². The average Bonchev–Trinajstić information content (AvgIpc) is 3.28. The first-order valence-electron chi connectivity index (χ1n) is 11.4. The zero-order valence-electron chi connectivity index (χ0n) is 19.2. The fourth-order valence-corrected chi connectivity index (χ4v) is 5.00. The second-order valence-corrected chi connectivity index (χ2v) is 9.01. The molecule has 1 aliphatic rings. The number of hydrogen-bond acceptors (Lipinski definition) is 5. The number of hydrogen-bond donors (Lipinski definition) is 1. The number of fused-ring (bicyclic) bond motifs is 3. The Balaban J connectivity index is 1.55. The maximum atomic E-state index is 13.0. The van der Waals surface area contributed by atoms with Gasteiger partial charge in [-0.2, -0.15) is 0 Å². The highest BCUT2D eigenvalue weighted by Gasteiger charge is 2.27. The highest BCUT2D eigenvalue weighted by molar-refractivity contribution is 6.11. The number of primary amides is 1. The van der Waals surface area contributed by atoms with Gasteiger partial charge < -0.3 is 19.5 Å². The monoisotopic (exact) mass is 458 g/mol. The van der Waals surface area contributed by atoms with Crippen LogP contribution in [0.5, 0.6) is 0 Å². The van der Waals surface area contributed by atoms with E-state index < -0.39 is 5.63 Å². The Bertz CT molecular complexity index is 1470. The summed E-state index contributed by atoms with van der Waals surface area (Å²) in [4.78, 5) is 39.0. The molecule has 2 aromatic heterocycles. The quantitative estimate of drug-likeness (QED) is 0.464. The predicted molar refractivity (Wildman–Crippen MR) is 129 cm³/mol. The summed E-state index contributed by atoms with van der Waals surface area (Å²) < 4.78 is 11.7. The molecule has 0 spiro atoms. The second-order valence-electron chi connectivity index (χ2n) is 9.01. The highest BCUT2D eigenvalue weighted by Crippen LogP contribution is 2.38. The zero-order valence-corrected chi connectivity index (χ0v) is 19.2. The van der Waals surface area contributed by atoms with Gasteiger partial charge in [0.05, 0.1) is 23.6 Å². The Labute approximate surface area is 196 Å². The number of nitrogens with zero attached hydrogens (tertiary/aromatic N) is 1. The van der Waals surface area contributed by atoms with Crippen LogP contribution in [0.3, 0.4) is 0 Å². The molecule has 0 aliphatic carbocycles. The van der Waals surface area contributed by atoms with Crippen molar-refractivity contribution in [3.63, 3.8) is 0 Å². The Morgan fingerprint density at radius 1 is 1.09 bits per heavy atom. The third-order valence-corrected chi connectivity index (χ3v) is 6.95. The van der Waals surface area contributed by atoms with Crippen LogP contribution in [-0.4, -0.2) is 29.8 Å². The first kappa shape index (κ1) is 21.9. The van der Waals surface area contributed by atoms with E-state index >= 15 is 0 Å². The van der Waals surface area contributed by atoms with E-state index in [2.05, 4.69) is 0 Å². The number of benzene rings is 2. The molecular weight excluding hydrogens is 432 g/mol. The molecule has 0 saturated carbocycles. The third-order valence-electron chi connectivity index (χ3n) is 6.95. The fourth-order valence-electron chi connectivity index (χ4n) is 5.00. The van der Waals surface area contributed by atoms with Gasteiger partial charge >= 0.3 is 5.63 Å². The third kappa shape index (κ3) is 3.67. The molecule has 0 radical (unpaired) electrons. The molecule has 34 heavy (non-hydrogen) atoms. The van der Waals surface area contributed by atoms with Crippen LogP contribution >= 0.6 is 0 Å². The van der Waals surface area contributed by atoms with Crippen molar-refractivity contribution in [3.05, 3.63) is 69.8 Å². The van der Waals surface area contributed by atoms with E-state index in [4.69, 9.17) is 14.6 Å². The van der Waals surface area contributed by atoms with Crippen molar-refractivity contribution < 1.29 is 18.4 Å². The summed E-state index contributed by atoms with van der Waals surface area (Å²) in [6.07, 6.45) is 2.75. The largest absolute Gasteiger partial charge is 0.463 e. The lowest BCUT2D eigenvalue weighted by Crippen LogP contribution is -2.42. The van der Waals surface area contributed by atoms with Gasteiger partial charge in [0.25, 0.3) is 0 Å². The molecule has 1 saturated heterocycles. The predicted octanol–water partition coefficient (Wildman–Crippen LogP) is 4.09. The lowest BCUT2D eigenvalue weighted by atomic mass is 9.95. The highest BCUT2D eigenvalue weighted by atomic mass is 16.4. The van der Waals surface area contributed by atoms with Crippen molar-refractivity contribution in [3.8, 4) is 11.1 Å². The van der Waals surface area contributed by atoms with Crippen LogP contribution in [0.2, 0.25) is 0 Å². The number of likely N-dealkylation sites (tertiary alicyclic amines) is 1. The standard InChI is InChI=1S/C27H26N2O5/c1-15-12-21-24(25-23(15)20(14-33-25)17-6-4-3-5-7-17)16(2)19(27(32)34-21)13-22(30)29-10-8-18(9-11-29)26(28)31/h3-7,12,14,18H,8-11,13H2,1-2H3,(H2,28,31). The van der Waals surface area contributed by atoms with Crippen LogP contribution in [0.1, 0.15) is 29.5 Å². The van der Waals surface area contributed by atoms with Crippen LogP contribution in [0.15, 0.2) is 56.3 Å². The summed E-state index contributed by atoms with van der Waals surface area (Å²) in [6.45, 7) is 4.70. The number of aryl methyl sites for hydroxylation is 2. The molecule has 1 fully saturated rings. The summed E-state index contributed by atoms with van der Waals surface area (Å²) in [5.74, 6) is -0.693. The van der Waals surface area contributed by atoms with Gasteiger partial charge in [0.2, 0.25) is 11.8 Å². The molecule has 2 aromatic carbocycles. The Morgan fingerprint density at radius 3 is 2.47 bits per heavy atom. The molecule has 4 aromatic rings. The summed E-state index contributed by atoms with van der Waals surface area (Å²) in [5, 5.41) is 1.67. The molecule has 0 bridgehead atoms. The van der Waals surface area contributed by atoms with E-state index in [0.29, 0.717) is 53.6 Å². The summed E-state index contributed by atoms with van der Waals surface area (Å²) in [6, 6.07) is 11.8. The second kappa shape index (κ2) is 8.48. The van der Waals surface area contributed by atoms with Crippen LogP contribution in [0.4, 0.5) is 0 Å². The first-order valence-corrected chi connectivity index (χ1v) is 11.4. The molecule has 2 N–H and O–H groups in total. The van der Waals surface area contributed by atoms with Crippen LogP contribution in [0.25, 0.3) is 33.1 Å². The fraction of sp³-hybridized carbons (Fsp3) is 0.296. The average molecular weight is 459 g/mol. The Morgan fingerprint density at radius 2 is 1.79 bits per heavy atom. The van der Waals surface area contributed by atoms with Crippen molar-refractivity contribution in [2.75, 3.05) is 13.1 Å². The van der Waals surface area contributed by atoms with E-state index in [1.54, 1.807) is 11.2 Å². The first-order chi connectivity index (χ1) is 16.3. The number of nitrogens with two attached hydrogens (primary N) is 1. The molecule has 0 unspecified atom stereocenters. The maximum absolute atomic E-state index is 13.0. The number of amides is 2. The Kier molecular flexibility index (Phi) is 5.48. The van der Waals surface area contributed by atoms with Crippen molar-refractivity contribution in [2.24, 2.45) is 11.7 Å². The lowest BCUT2D eigenvalue weighted by molar-refractivity contribution is -0.134. The molecule has 0 atom stereocenters. The number of rotatable bonds is 4. The SMILES string of the molecule is Cc1cc2oc(=O)c(CC(=O)N3CCC(C(N)=O)CC3)c(C)c2c2occ(-c3ccccc3)c12. The molecule has 3 heterocycles. The van der Waals surface area contributed by atoms with Gasteiger partial charge in [-0.15, -0.1) is 0 Å². The molecule has 7 heteroatoms. The van der Waals surface area contributed by atoms with Gasteiger partial charge in [-0.05, 0) is 49.4 Å². The van der Waals surface area contributed by atoms with Gasteiger partial charge in [0.1, 0.15) is 11.2 Å². The van der Waals surface area contributed by atoms with Gasteiger partial charge in [-0.25, -0.2) is 4.79 Å². The van der Waals surface area contributed by atoms with Crippen LogP contribution in [-0.2, 0) is 16.0 Å². The van der Waals surface area contributed by atoms with E-state index in [1.165, 1.54) is 0 Å². The summed E-state index contributed by atoms with van der Waals surface area (Å²) >= 11 is 0. The smallest absolute Gasteiger partial charge is 0.340 e. The van der Waals surface area contributed by atoms with E-state index in [-0.39, 0.29) is 24.2 Å². The number of furan rings is 1. The lowest BCUT2D eigenvalue weighted by Gasteiger charge is -2.30. The minimum Gasteiger partial charge on any atom is -0.463 e.